The number of amides is 3. The van der Waals surface area contributed by atoms with Gasteiger partial charge in [-0.2, -0.15) is 0 Å². The number of nitro groups is 2. The molecule has 0 aliphatic carbocycles. The third kappa shape index (κ3) is 6.09. The van der Waals surface area contributed by atoms with Crippen LogP contribution in [0, 0.1) is 20.2 Å². The summed E-state index contributed by atoms with van der Waals surface area (Å²) in [5.74, 6) is -1.76. The van der Waals surface area contributed by atoms with Crippen LogP contribution in [0.25, 0.3) is 0 Å². The Bertz CT molecular complexity index is 687. The van der Waals surface area contributed by atoms with E-state index in [-0.39, 0.29) is 12.2 Å². The van der Waals surface area contributed by atoms with Crippen LogP contribution in [0.15, 0.2) is 18.2 Å². The molecule has 13 nitrogen and oxygen atoms in total. The fourth-order valence-corrected chi connectivity index (χ4v) is 1.53. The molecular formula is C12H13N5O8. The number of nitro benzene ring substituents is 2. The van der Waals surface area contributed by atoms with Crippen molar-refractivity contribution in [2.24, 2.45) is 0 Å². The molecule has 0 spiro atoms. The Hall–Kier alpha value is -3.77. The summed E-state index contributed by atoms with van der Waals surface area (Å²) in [4.78, 5) is 54.0. The van der Waals surface area contributed by atoms with E-state index in [1.807, 2.05) is 10.9 Å². The molecule has 0 saturated heterocycles. The third-order valence-electron chi connectivity index (χ3n) is 2.58. The van der Waals surface area contributed by atoms with Crippen molar-refractivity contribution in [3.8, 4) is 0 Å². The van der Waals surface area contributed by atoms with Gasteiger partial charge in [0.05, 0.1) is 34.6 Å². The van der Waals surface area contributed by atoms with E-state index >= 15 is 0 Å². The van der Waals surface area contributed by atoms with Gasteiger partial charge >= 0.3 is 6.09 Å². The van der Waals surface area contributed by atoms with Gasteiger partial charge in [0.25, 0.3) is 23.2 Å². The second-order valence-corrected chi connectivity index (χ2v) is 4.33. The molecule has 0 saturated carbocycles. The van der Waals surface area contributed by atoms with E-state index in [0.29, 0.717) is 6.07 Å². The second kappa shape index (κ2) is 8.76. The lowest BCUT2D eigenvalue weighted by atomic mass is 10.1. The van der Waals surface area contributed by atoms with Gasteiger partial charge in [0, 0.05) is 12.1 Å². The summed E-state index contributed by atoms with van der Waals surface area (Å²) in [5, 5.41) is 23.6. The number of carbonyl (C=O) groups excluding carboxylic acids is 3. The summed E-state index contributed by atoms with van der Waals surface area (Å²) >= 11 is 0. The maximum absolute atomic E-state index is 11.9. The topological polar surface area (TPSA) is 183 Å². The van der Waals surface area contributed by atoms with Crippen molar-refractivity contribution in [3.63, 3.8) is 0 Å². The highest BCUT2D eigenvalue weighted by atomic mass is 16.6. The minimum atomic E-state index is -0.946. The van der Waals surface area contributed by atoms with E-state index in [9.17, 15) is 34.6 Å². The van der Waals surface area contributed by atoms with Crippen LogP contribution < -0.4 is 16.2 Å². The van der Waals surface area contributed by atoms with Gasteiger partial charge in [-0.05, 0) is 6.92 Å². The Balaban J connectivity index is 2.71. The first-order chi connectivity index (χ1) is 11.7. The van der Waals surface area contributed by atoms with Gasteiger partial charge in [0.2, 0.25) is 0 Å². The van der Waals surface area contributed by atoms with Crippen LogP contribution in [-0.4, -0.2) is 40.9 Å². The molecule has 3 N–H and O–H groups in total. The van der Waals surface area contributed by atoms with Gasteiger partial charge in [-0.1, -0.05) is 0 Å². The molecule has 1 aromatic rings. The average molecular weight is 355 g/mol. The predicted molar refractivity (Wildman–Crippen MR) is 80.4 cm³/mol. The lowest BCUT2D eigenvalue weighted by Crippen LogP contribution is -2.46. The molecule has 0 aliphatic rings. The van der Waals surface area contributed by atoms with E-state index in [0.717, 1.165) is 12.1 Å². The van der Waals surface area contributed by atoms with Crippen molar-refractivity contribution >= 4 is 29.3 Å². The number of nitrogens with one attached hydrogen (secondary N) is 3. The lowest BCUT2D eigenvalue weighted by molar-refractivity contribution is -0.394. The molecule has 0 fully saturated rings. The smallest absolute Gasteiger partial charge is 0.426 e. The molecule has 0 heterocycles. The molecule has 1 aromatic carbocycles. The zero-order chi connectivity index (χ0) is 19.0. The molecule has 0 bridgehead atoms. The predicted octanol–water partition coefficient (Wildman–Crippen LogP) is 0.0101. The van der Waals surface area contributed by atoms with E-state index in [1.165, 1.54) is 0 Å². The molecule has 134 valence electrons. The molecule has 13 heteroatoms. The highest BCUT2D eigenvalue weighted by Gasteiger charge is 2.20. The summed E-state index contributed by atoms with van der Waals surface area (Å²) < 4.78 is 4.48. The monoisotopic (exact) mass is 355 g/mol. The van der Waals surface area contributed by atoms with Crippen LogP contribution in [0.5, 0.6) is 0 Å². The van der Waals surface area contributed by atoms with Crippen LogP contribution in [0.4, 0.5) is 16.2 Å². The molecule has 0 atom stereocenters. The van der Waals surface area contributed by atoms with Gasteiger partial charge in [-0.25, -0.2) is 10.2 Å². The number of nitrogens with zero attached hydrogens (tertiary/aromatic N) is 2. The molecule has 25 heavy (non-hydrogen) atoms. The zero-order valence-electron chi connectivity index (χ0n) is 12.8. The van der Waals surface area contributed by atoms with Crippen molar-refractivity contribution in [2.45, 2.75) is 6.92 Å². The van der Waals surface area contributed by atoms with Crippen LogP contribution in [0.1, 0.15) is 17.3 Å². The molecular weight excluding hydrogens is 342 g/mol. The Morgan fingerprint density at radius 2 is 1.60 bits per heavy atom. The molecule has 3 amide bonds. The van der Waals surface area contributed by atoms with Crippen LogP contribution in [-0.2, 0) is 9.53 Å². The summed E-state index contributed by atoms with van der Waals surface area (Å²) in [5.41, 5.74) is 2.18. The maximum atomic E-state index is 11.9. The van der Waals surface area contributed by atoms with Crippen LogP contribution in [0.2, 0.25) is 0 Å². The van der Waals surface area contributed by atoms with E-state index in [4.69, 9.17) is 0 Å². The SMILES string of the molecule is CCOC(=O)NNC(=O)CNC(=O)c1cc([N+](=O)[O-])cc([N+](=O)[O-])c1. The average Bonchev–Trinajstić information content (AvgIpc) is 2.57. The third-order valence-corrected chi connectivity index (χ3v) is 2.58. The molecule has 0 aromatic heterocycles. The maximum Gasteiger partial charge on any atom is 0.426 e. The summed E-state index contributed by atoms with van der Waals surface area (Å²) in [6.07, 6.45) is -0.906. The first-order valence-corrected chi connectivity index (χ1v) is 6.68. The van der Waals surface area contributed by atoms with E-state index < -0.39 is 45.7 Å². The molecule has 0 radical (unpaired) electrons. The fourth-order valence-electron chi connectivity index (χ4n) is 1.53. The minimum absolute atomic E-state index is 0.0873. The number of non-ortho nitro benzene ring substituents is 2. The van der Waals surface area contributed by atoms with Crippen LogP contribution >= 0.6 is 0 Å². The zero-order valence-corrected chi connectivity index (χ0v) is 12.8. The normalized spacial score (nSPS) is 9.64. The highest BCUT2D eigenvalue weighted by molar-refractivity contribution is 5.97. The summed E-state index contributed by atoms with van der Waals surface area (Å²) in [7, 11) is 0. The Kier molecular flexibility index (Phi) is 6.75. The number of carbonyl (C=O) groups is 3. The Labute approximate surface area is 139 Å². The quantitative estimate of drug-likeness (QED) is 0.470. The van der Waals surface area contributed by atoms with Gasteiger partial charge < -0.3 is 10.1 Å². The first-order valence-electron chi connectivity index (χ1n) is 6.68. The van der Waals surface area contributed by atoms with E-state index in [2.05, 4.69) is 10.1 Å². The fraction of sp³-hybridized carbons (Fsp3) is 0.250. The van der Waals surface area contributed by atoms with Crippen LogP contribution in [0.3, 0.4) is 0 Å². The number of benzene rings is 1. The Morgan fingerprint density at radius 1 is 1.04 bits per heavy atom. The molecule has 0 aliphatic heterocycles. The largest absolute Gasteiger partial charge is 0.449 e. The van der Waals surface area contributed by atoms with Gasteiger partial charge in [-0.3, -0.25) is 35.2 Å². The minimum Gasteiger partial charge on any atom is -0.449 e. The molecule has 0 unspecified atom stereocenters. The number of hydrogen-bond acceptors (Lipinski definition) is 8. The van der Waals surface area contributed by atoms with Crippen molar-refractivity contribution in [2.75, 3.05) is 13.2 Å². The first kappa shape index (κ1) is 19.3. The number of rotatable bonds is 6. The van der Waals surface area contributed by atoms with Crippen molar-refractivity contribution < 1.29 is 29.0 Å². The lowest BCUT2D eigenvalue weighted by Gasteiger charge is -2.08. The van der Waals surface area contributed by atoms with Gasteiger partial charge in [0.1, 0.15) is 0 Å². The summed E-state index contributed by atoms with van der Waals surface area (Å²) in [6.45, 7) is 1.05. The molecule has 1 rings (SSSR count). The van der Waals surface area contributed by atoms with Gasteiger partial charge in [0.15, 0.2) is 0 Å². The Morgan fingerprint density at radius 3 is 2.08 bits per heavy atom. The van der Waals surface area contributed by atoms with Crippen molar-refractivity contribution in [3.05, 3.63) is 44.0 Å². The summed E-state index contributed by atoms with van der Waals surface area (Å²) in [6, 6.07) is 2.36. The number of ether oxygens (including phenoxy) is 1. The van der Waals surface area contributed by atoms with Crippen molar-refractivity contribution in [1.82, 2.24) is 16.2 Å². The standard InChI is InChI=1S/C12H13N5O8/c1-2-25-12(20)15-14-10(18)6-13-11(19)7-3-8(16(21)22)5-9(4-7)17(23)24/h3-5H,2,6H2,1H3,(H,13,19)(H,14,18)(H,15,20). The van der Waals surface area contributed by atoms with Crippen molar-refractivity contribution in [1.29, 1.82) is 0 Å². The van der Waals surface area contributed by atoms with Gasteiger partial charge in [-0.15, -0.1) is 0 Å². The number of hydrogen-bond donors (Lipinski definition) is 3. The second-order valence-electron chi connectivity index (χ2n) is 4.33. The number of hydrazine groups is 1. The highest BCUT2D eigenvalue weighted by Crippen LogP contribution is 2.22. The van der Waals surface area contributed by atoms with E-state index in [1.54, 1.807) is 6.92 Å².